The lowest BCUT2D eigenvalue weighted by molar-refractivity contribution is -0.0592. The Bertz CT molecular complexity index is 1530. The quantitative estimate of drug-likeness (QED) is 0.337. The molecule has 2 fully saturated rings. The SMILES string of the molecule is Cc1ccccc1OCc1ccc(C(=O)N2CCN(Cc3nc4ccc(C(=O)O)cc4n3C[C@@H]3CCO3)CC2)o1. The summed E-state index contributed by atoms with van der Waals surface area (Å²) < 4.78 is 19.4. The van der Waals surface area contributed by atoms with Crippen LogP contribution in [0, 0.1) is 6.92 Å². The third kappa shape index (κ3) is 5.45. The van der Waals surface area contributed by atoms with Crippen LogP contribution in [0.1, 0.15) is 44.5 Å². The number of rotatable bonds is 9. The van der Waals surface area contributed by atoms with E-state index in [9.17, 15) is 14.7 Å². The van der Waals surface area contributed by atoms with Crippen molar-refractivity contribution in [1.29, 1.82) is 0 Å². The Morgan fingerprint density at radius 3 is 2.60 bits per heavy atom. The molecule has 4 heterocycles. The molecule has 0 saturated carbocycles. The summed E-state index contributed by atoms with van der Waals surface area (Å²) in [6.07, 6.45) is 1.09. The molecule has 6 rings (SSSR count). The smallest absolute Gasteiger partial charge is 0.335 e. The number of aromatic carboxylic acids is 1. The van der Waals surface area contributed by atoms with Crippen LogP contribution in [-0.4, -0.2) is 75.2 Å². The molecule has 1 N–H and O–H groups in total. The minimum atomic E-state index is -0.959. The average Bonchev–Trinajstić information content (AvgIpc) is 3.54. The monoisotopic (exact) mass is 544 g/mol. The minimum Gasteiger partial charge on any atom is -0.485 e. The van der Waals surface area contributed by atoms with E-state index >= 15 is 0 Å². The normalized spacial score (nSPS) is 17.6. The zero-order valence-electron chi connectivity index (χ0n) is 22.4. The van der Waals surface area contributed by atoms with E-state index in [0.29, 0.717) is 50.8 Å². The zero-order chi connectivity index (χ0) is 27.6. The highest BCUT2D eigenvalue weighted by Gasteiger charge is 2.27. The maximum atomic E-state index is 13.1. The number of furan rings is 1. The van der Waals surface area contributed by atoms with E-state index in [4.69, 9.17) is 18.9 Å². The van der Waals surface area contributed by atoms with Gasteiger partial charge in [-0.25, -0.2) is 9.78 Å². The average molecular weight is 545 g/mol. The van der Waals surface area contributed by atoms with Gasteiger partial charge in [-0.2, -0.15) is 0 Å². The first-order chi connectivity index (χ1) is 19.4. The molecule has 0 radical (unpaired) electrons. The van der Waals surface area contributed by atoms with E-state index in [1.54, 1.807) is 30.3 Å². The van der Waals surface area contributed by atoms with E-state index in [1.165, 1.54) is 0 Å². The van der Waals surface area contributed by atoms with Crippen molar-refractivity contribution in [3.8, 4) is 5.75 Å². The number of piperazine rings is 1. The summed E-state index contributed by atoms with van der Waals surface area (Å²) in [6.45, 7) is 6.77. The van der Waals surface area contributed by atoms with Crippen molar-refractivity contribution in [3.05, 3.63) is 83.1 Å². The molecule has 0 unspecified atom stereocenters. The molecule has 0 bridgehead atoms. The Kier molecular flexibility index (Phi) is 7.27. The van der Waals surface area contributed by atoms with Crippen LogP contribution >= 0.6 is 0 Å². The number of amides is 1. The molecule has 0 aliphatic carbocycles. The fraction of sp³-hybridized carbons (Fsp3) is 0.367. The largest absolute Gasteiger partial charge is 0.485 e. The first-order valence-electron chi connectivity index (χ1n) is 13.6. The molecule has 2 aliphatic rings. The fourth-order valence-electron chi connectivity index (χ4n) is 5.16. The van der Waals surface area contributed by atoms with Crippen LogP contribution in [0.15, 0.2) is 59.0 Å². The first kappa shape index (κ1) is 26.1. The Morgan fingerprint density at radius 2 is 1.88 bits per heavy atom. The summed E-state index contributed by atoms with van der Waals surface area (Å²) in [7, 11) is 0. The van der Waals surface area contributed by atoms with Gasteiger partial charge in [0.25, 0.3) is 5.91 Å². The van der Waals surface area contributed by atoms with Gasteiger partial charge in [-0.3, -0.25) is 9.69 Å². The van der Waals surface area contributed by atoms with Gasteiger partial charge in [0.1, 0.15) is 23.9 Å². The topological polar surface area (TPSA) is 110 Å². The van der Waals surface area contributed by atoms with Gasteiger partial charge < -0.3 is 28.5 Å². The number of hydrogen-bond acceptors (Lipinski definition) is 7. The summed E-state index contributed by atoms with van der Waals surface area (Å²) in [6, 6.07) is 16.3. The van der Waals surface area contributed by atoms with Crippen LogP contribution in [0.2, 0.25) is 0 Å². The summed E-state index contributed by atoms with van der Waals surface area (Å²) >= 11 is 0. The number of carbonyl (C=O) groups excluding carboxylic acids is 1. The number of carboxylic acid groups (broad SMARTS) is 1. The molecule has 208 valence electrons. The second-order valence-corrected chi connectivity index (χ2v) is 10.3. The molecule has 10 nitrogen and oxygen atoms in total. The van der Waals surface area contributed by atoms with Crippen molar-refractivity contribution in [3.63, 3.8) is 0 Å². The maximum Gasteiger partial charge on any atom is 0.335 e. The standard InChI is InChI=1S/C30H32N4O6/c1-20-4-2-3-5-26(20)39-19-23-7-9-27(40-23)29(35)33-13-11-32(12-14-33)18-28-31-24-8-6-21(30(36)37)16-25(24)34(28)17-22-10-15-38-22/h2-9,16,22H,10-15,17-19H2,1H3,(H,36,37)/t22-/m0/s1. The number of carboxylic acids is 1. The molecule has 2 aliphatic heterocycles. The van der Waals surface area contributed by atoms with Gasteiger partial charge in [0.15, 0.2) is 5.76 Å². The number of imidazole rings is 1. The summed E-state index contributed by atoms with van der Waals surface area (Å²) in [5.41, 5.74) is 2.86. The molecule has 10 heteroatoms. The van der Waals surface area contributed by atoms with E-state index in [1.807, 2.05) is 36.1 Å². The van der Waals surface area contributed by atoms with Crippen LogP contribution in [0.25, 0.3) is 11.0 Å². The molecule has 1 atom stereocenters. The van der Waals surface area contributed by atoms with Crippen molar-refractivity contribution >= 4 is 22.9 Å². The first-order valence-corrected chi connectivity index (χ1v) is 13.6. The van der Waals surface area contributed by atoms with E-state index in [2.05, 4.69) is 9.47 Å². The Labute approximate surface area is 231 Å². The van der Waals surface area contributed by atoms with E-state index < -0.39 is 5.97 Å². The lowest BCUT2D eigenvalue weighted by Gasteiger charge is -2.34. The maximum absolute atomic E-state index is 13.1. The Hall–Kier alpha value is -4.15. The van der Waals surface area contributed by atoms with E-state index in [0.717, 1.165) is 41.2 Å². The van der Waals surface area contributed by atoms with Gasteiger partial charge in [-0.15, -0.1) is 0 Å². The summed E-state index contributed by atoms with van der Waals surface area (Å²) in [5.74, 6) is 1.49. The van der Waals surface area contributed by atoms with Gasteiger partial charge in [0, 0.05) is 32.8 Å². The molecule has 4 aromatic rings. The predicted molar refractivity (Wildman–Crippen MR) is 146 cm³/mol. The van der Waals surface area contributed by atoms with Crippen molar-refractivity contribution in [2.75, 3.05) is 32.8 Å². The number of benzene rings is 2. The Morgan fingerprint density at radius 1 is 1.07 bits per heavy atom. The van der Waals surface area contributed by atoms with Gasteiger partial charge >= 0.3 is 5.97 Å². The molecular formula is C30H32N4O6. The summed E-state index contributed by atoms with van der Waals surface area (Å²) in [5, 5.41) is 9.47. The molecular weight excluding hydrogens is 512 g/mol. The van der Waals surface area contributed by atoms with Crippen LogP contribution in [0.4, 0.5) is 0 Å². The van der Waals surface area contributed by atoms with Crippen LogP contribution in [-0.2, 0) is 24.4 Å². The summed E-state index contributed by atoms with van der Waals surface area (Å²) in [4.78, 5) is 33.6. The van der Waals surface area contributed by atoms with Crippen molar-refractivity contribution in [1.82, 2.24) is 19.4 Å². The fourth-order valence-corrected chi connectivity index (χ4v) is 5.16. The number of para-hydroxylation sites is 1. The van der Waals surface area contributed by atoms with Gasteiger partial charge in [-0.05, 0) is 55.3 Å². The zero-order valence-corrected chi connectivity index (χ0v) is 22.4. The third-order valence-corrected chi connectivity index (χ3v) is 7.61. The van der Waals surface area contributed by atoms with Crippen molar-refractivity contribution in [2.45, 2.75) is 39.1 Å². The highest BCUT2D eigenvalue weighted by molar-refractivity contribution is 5.92. The number of ether oxygens (including phenoxy) is 2. The van der Waals surface area contributed by atoms with Gasteiger partial charge in [0.05, 0.1) is 35.8 Å². The number of aryl methyl sites for hydroxylation is 1. The highest BCUT2D eigenvalue weighted by Crippen LogP contribution is 2.24. The van der Waals surface area contributed by atoms with E-state index in [-0.39, 0.29) is 24.2 Å². The van der Waals surface area contributed by atoms with Crippen LogP contribution in [0.3, 0.4) is 0 Å². The molecule has 2 aromatic heterocycles. The van der Waals surface area contributed by atoms with Crippen LogP contribution < -0.4 is 4.74 Å². The number of carbonyl (C=O) groups is 2. The predicted octanol–water partition coefficient (Wildman–Crippen LogP) is 3.96. The highest BCUT2D eigenvalue weighted by atomic mass is 16.5. The number of fused-ring (bicyclic) bond motifs is 1. The molecule has 1 amide bonds. The number of aromatic nitrogens is 2. The second-order valence-electron chi connectivity index (χ2n) is 10.3. The van der Waals surface area contributed by atoms with Crippen molar-refractivity contribution < 1.29 is 28.6 Å². The number of nitrogens with zero attached hydrogens (tertiary/aromatic N) is 4. The molecule has 40 heavy (non-hydrogen) atoms. The minimum absolute atomic E-state index is 0.111. The lowest BCUT2D eigenvalue weighted by Crippen LogP contribution is -2.48. The van der Waals surface area contributed by atoms with Gasteiger partial charge in [-0.1, -0.05) is 18.2 Å². The Balaban J connectivity index is 1.08. The third-order valence-electron chi connectivity index (χ3n) is 7.61. The lowest BCUT2D eigenvalue weighted by atomic mass is 10.1. The molecule has 2 aromatic carbocycles. The van der Waals surface area contributed by atoms with Crippen molar-refractivity contribution in [2.24, 2.45) is 0 Å². The second kappa shape index (κ2) is 11.1. The van der Waals surface area contributed by atoms with Gasteiger partial charge in [0.2, 0.25) is 0 Å². The molecule has 2 saturated heterocycles. The van der Waals surface area contributed by atoms with Crippen LogP contribution in [0.5, 0.6) is 5.75 Å². The molecule has 0 spiro atoms. The number of hydrogen-bond donors (Lipinski definition) is 1.